The van der Waals surface area contributed by atoms with Crippen molar-refractivity contribution in [3.05, 3.63) is 101 Å². The number of amides is 2. The first-order chi connectivity index (χ1) is 14.1. The van der Waals surface area contributed by atoms with E-state index in [2.05, 4.69) is 11.4 Å². The maximum atomic E-state index is 13.1. The van der Waals surface area contributed by atoms with E-state index in [1.165, 1.54) is 5.56 Å². The Kier molecular flexibility index (Phi) is 5.63. The van der Waals surface area contributed by atoms with Gasteiger partial charge >= 0.3 is 0 Å². The van der Waals surface area contributed by atoms with Crippen LogP contribution in [-0.2, 0) is 11.2 Å². The number of hydrogen-bond donors (Lipinski definition) is 1. The maximum Gasteiger partial charge on any atom is 0.253 e. The first kappa shape index (κ1) is 19.2. The summed E-state index contributed by atoms with van der Waals surface area (Å²) in [5.41, 5.74) is 3.42. The van der Waals surface area contributed by atoms with E-state index in [9.17, 15) is 9.59 Å². The summed E-state index contributed by atoms with van der Waals surface area (Å²) < 4.78 is 0. The molecule has 0 spiro atoms. The van der Waals surface area contributed by atoms with E-state index in [-0.39, 0.29) is 18.2 Å². The maximum absolute atomic E-state index is 13.1. The Morgan fingerprint density at radius 3 is 2.41 bits per heavy atom. The molecule has 0 fully saturated rings. The Hall–Kier alpha value is -3.11. The van der Waals surface area contributed by atoms with E-state index < -0.39 is 6.04 Å². The molecule has 1 aliphatic rings. The fraction of sp³-hybridized carbons (Fsp3) is 0.167. The number of nitrogens with zero attached hydrogens (tertiary/aromatic N) is 1. The van der Waals surface area contributed by atoms with Gasteiger partial charge in [-0.2, -0.15) is 0 Å². The van der Waals surface area contributed by atoms with Crippen molar-refractivity contribution >= 4 is 29.1 Å². The van der Waals surface area contributed by atoms with E-state index in [1.54, 1.807) is 24.3 Å². The SMILES string of the molecule is O=C(N[C@H](CC(=O)N1CCc2ccccc21)c1ccccc1)c1ccccc1Cl. The van der Waals surface area contributed by atoms with Crippen molar-refractivity contribution < 1.29 is 9.59 Å². The van der Waals surface area contributed by atoms with Gasteiger partial charge in [0.2, 0.25) is 5.91 Å². The first-order valence-corrected chi connectivity index (χ1v) is 10.00. The number of rotatable bonds is 5. The molecule has 4 rings (SSSR count). The third-order valence-electron chi connectivity index (χ3n) is 5.19. The first-order valence-electron chi connectivity index (χ1n) is 9.62. The zero-order chi connectivity index (χ0) is 20.2. The second-order valence-corrected chi connectivity index (χ2v) is 7.45. The summed E-state index contributed by atoms with van der Waals surface area (Å²) in [5.74, 6) is -0.303. The lowest BCUT2D eigenvalue weighted by atomic mass is 10.0. The second-order valence-electron chi connectivity index (χ2n) is 7.04. The lowest BCUT2D eigenvalue weighted by molar-refractivity contribution is -0.119. The van der Waals surface area contributed by atoms with Crippen LogP contribution in [0.1, 0.15) is 33.9 Å². The molecule has 1 atom stereocenters. The molecular formula is C24H21ClN2O2. The Balaban J connectivity index is 1.56. The van der Waals surface area contributed by atoms with Crippen molar-refractivity contribution in [1.82, 2.24) is 5.32 Å². The highest BCUT2D eigenvalue weighted by molar-refractivity contribution is 6.33. The molecule has 0 saturated heterocycles. The van der Waals surface area contributed by atoms with Crippen LogP contribution in [0.15, 0.2) is 78.9 Å². The number of anilines is 1. The van der Waals surface area contributed by atoms with Gasteiger partial charge in [-0.1, -0.05) is 72.3 Å². The molecule has 1 N–H and O–H groups in total. The number of fused-ring (bicyclic) bond motifs is 1. The van der Waals surface area contributed by atoms with Crippen LogP contribution in [-0.4, -0.2) is 18.4 Å². The Labute approximate surface area is 175 Å². The number of carbonyl (C=O) groups excluding carboxylic acids is 2. The molecule has 0 unspecified atom stereocenters. The van der Waals surface area contributed by atoms with Gasteiger partial charge in [-0.3, -0.25) is 9.59 Å². The summed E-state index contributed by atoms with van der Waals surface area (Å²) >= 11 is 6.18. The minimum Gasteiger partial charge on any atom is -0.345 e. The van der Waals surface area contributed by atoms with Crippen LogP contribution in [0, 0.1) is 0 Å². The predicted octanol–water partition coefficient (Wildman–Crippen LogP) is 4.79. The summed E-state index contributed by atoms with van der Waals surface area (Å²) in [6.07, 6.45) is 1.03. The van der Waals surface area contributed by atoms with Crippen LogP contribution in [0.4, 0.5) is 5.69 Å². The lowest BCUT2D eigenvalue weighted by Gasteiger charge is -2.23. The zero-order valence-electron chi connectivity index (χ0n) is 15.8. The van der Waals surface area contributed by atoms with Crippen LogP contribution in [0.25, 0.3) is 0 Å². The van der Waals surface area contributed by atoms with E-state index in [0.717, 1.165) is 17.7 Å². The molecule has 0 saturated carbocycles. The minimum atomic E-state index is -0.444. The largest absolute Gasteiger partial charge is 0.345 e. The van der Waals surface area contributed by atoms with E-state index in [4.69, 9.17) is 11.6 Å². The fourth-order valence-corrected chi connectivity index (χ4v) is 3.92. The molecular weight excluding hydrogens is 384 g/mol. The predicted molar refractivity (Wildman–Crippen MR) is 115 cm³/mol. The number of hydrogen-bond acceptors (Lipinski definition) is 2. The summed E-state index contributed by atoms with van der Waals surface area (Å²) in [6, 6.07) is 24.0. The molecule has 0 aromatic heterocycles. The molecule has 0 bridgehead atoms. The highest BCUT2D eigenvalue weighted by atomic mass is 35.5. The van der Waals surface area contributed by atoms with Crippen molar-refractivity contribution in [3.63, 3.8) is 0 Å². The van der Waals surface area contributed by atoms with E-state index >= 15 is 0 Å². The number of halogens is 1. The van der Waals surface area contributed by atoms with Crippen LogP contribution >= 0.6 is 11.6 Å². The van der Waals surface area contributed by atoms with Crippen LogP contribution in [0.3, 0.4) is 0 Å². The van der Waals surface area contributed by atoms with Crippen molar-refractivity contribution in [2.24, 2.45) is 0 Å². The minimum absolute atomic E-state index is 0.0109. The Morgan fingerprint density at radius 1 is 0.931 bits per heavy atom. The quantitative estimate of drug-likeness (QED) is 0.664. The third kappa shape index (κ3) is 4.17. The average molecular weight is 405 g/mol. The van der Waals surface area contributed by atoms with Gasteiger partial charge in [0.1, 0.15) is 0 Å². The topological polar surface area (TPSA) is 49.4 Å². The molecule has 3 aromatic rings. The van der Waals surface area contributed by atoms with Crippen molar-refractivity contribution in [2.45, 2.75) is 18.9 Å². The summed E-state index contributed by atoms with van der Waals surface area (Å²) in [5, 5.41) is 3.38. The van der Waals surface area contributed by atoms with Crippen molar-refractivity contribution in [1.29, 1.82) is 0 Å². The normalized spacial score (nSPS) is 13.6. The number of benzene rings is 3. The summed E-state index contributed by atoms with van der Waals surface area (Å²) in [6.45, 7) is 0.665. The third-order valence-corrected chi connectivity index (χ3v) is 5.52. The monoisotopic (exact) mass is 404 g/mol. The van der Waals surface area contributed by atoms with Gasteiger partial charge in [0.05, 0.1) is 23.0 Å². The van der Waals surface area contributed by atoms with Gasteiger partial charge in [-0.05, 0) is 35.7 Å². The molecule has 146 valence electrons. The molecule has 0 radical (unpaired) electrons. The van der Waals surface area contributed by atoms with Gasteiger partial charge in [-0.15, -0.1) is 0 Å². The van der Waals surface area contributed by atoms with Gasteiger partial charge in [-0.25, -0.2) is 0 Å². The standard InChI is InChI=1S/C24H21ClN2O2/c25-20-12-6-5-11-19(20)24(29)26-21(17-8-2-1-3-9-17)16-23(28)27-15-14-18-10-4-7-13-22(18)27/h1-13,21H,14-16H2,(H,26,29)/t21-/m1/s1. The fourth-order valence-electron chi connectivity index (χ4n) is 3.70. The summed E-state index contributed by atoms with van der Waals surface area (Å²) in [7, 11) is 0. The van der Waals surface area contributed by atoms with Gasteiger partial charge in [0.25, 0.3) is 5.91 Å². The molecule has 29 heavy (non-hydrogen) atoms. The molecule has 2 amide bonds. The second kappa shape index (κ2) is 8.50. The van der Waals surface area contributed by atoms with Gasteiger partial charge < -0.3 is 10.2 Å². The number of nitrogens with one attached hydrogen (secondary N) is 1. The van der Waals surface area contributed by atoms with Crippen molar-refractivity contribution in [2.75, 3.05) is 11.4 Å². The smallest absolute Gasteiger partial charge is 0.253 e. The molecule has 0 aliphatic carbocycles. The van der Waals surface area contributed by atoms with Gasteiger partial charge in [0.15, 0.2) is 0 Å². The van der Waals surface area contributed by atoms with E-state index in [1.807, 2.05) is 53.4 Å². The number of para-hydroxylation sites is 1. The molecule has 4 nitrogen and oxygen atoms in total. The van der Waals surface area contributed by atoms with Crippen LogP contribution < -0.4 is 10.2 Å². The lowest BCUT2D eigenvalue weighted by Crippen LogP contribution is -2.36. The highest BCUT2D eigenvalue weighted by Crippen LogP contribution is 2.30. The summed E-state index contributed by atoms with van der Waals surface area (Å²) in [4.78, 5) is 27.8. The van der Waals surface area contributed by atoms with Gasteiger partial charge in [0, 0.05) is 12.2 Å². The molecule has 1 heterocycles. The molecule has 3 aromatic carbocycles. The Bertz CT molecular complexity index is 1040. The highest BCUT2D eigenvalue weighted by Gasteiger charge is 2.28. The Morgan fingerprint density at radius 2 is 1.62 bits per heavy atom. The van der Waals surface area contributed by atoms with Crippen molar-refractivity contribution in [3.8, 4) is 0 Å². The van der Waals surface area contributed by atoms with Crippen LogP contribution in [0.2, 0.25) is 5.02 Å². The zero-order valence-corrected chi connectivity index (χ0v) is 16.6. The van der Waals surface area contributed by atoms with Crippen LogP contribution in [0.5, 0.6) is 0 Å². The molecule has 1 aliphatic heterocycles. The number of carbonyl (C=O) groups is 2. The molecule has 5 heteroatoms. The van der Waals surface area contributed by atoms with E-state index in [0.29, 0.717) is 17.1 Å². The average Bonchev–Trinajstić information content (AvgIpc) is 3.18.